The summed E-state index contributed by atoms with van der Waals surface area (Å²) in [5, 5.41) is 8.03. The van der Waals surface area contributed by atoms with Gasteiger partial charge < -0.3 is 15.6 Å². The molecule has 0 radical (unpaired) electrons. The van der Waals surface area contributed by atoms with E-state index in [9.17, 15) is 4.79 Å². The van der Waals surface area contributed by atoms with Crippen molar-refractivity contribution in [2.75, 3.05) is 13.1 Å². The van der Waals surface area contributed by atoms with Gasteiger partial charge in [-0.15, -0.1) is 11.3 Å². The van der Waals surface area contributed by atoms with Gasteiger partial charge in [-0.3, -0.25) is 4.79 Å². The summed E-state index contributed by atoms with van der Waals surface area (Å²) < 4.78 is 4.83. The third-order valence-corrected chi connectivity index (χ3v) is 3.05. The summed E-state index contributed by atoms with van der Waals surface area (Å²) in [4.78, 5) is 16.5. The van der Waals surface area contributed by atoms with Crippen molar-refractivity contribution in [2.24, 2.45) is 5.73 Å². The molecule has 0 fully saturated rings. The number of hydrogen-bond donors (Lipinski definition) is 2. The number of thiophene rings is 1. The Balaban J connectivity index is 1.84. The van der Waals surface area contributed by atoms with E-state index >= 15 is 0 Å². The van der Waals surface area contributed by atoms with Crippen molar-refractivity contribution in [1.29, 1.82) is 0 Å². The number of aromatic nitrogens is 2. The fraction of sp³-hybridized carbons (Fsp3) is 0.250. The van der Waals surface area contributed by atoms with Gasteiger partial charge in [0.05, 0.1) is 17.0 Å². The lowest BCUT2D eigenvalue weighted by Gasteiger charge is -2.00. The SMILES string of the molecule is NCC#Cc1cc(C(=O)NCCc2ncno2)cs1. The lowest BCUT2D eigenvalue weighted by atomic mass is 10.3. The Morgan fingerprint density at radius 1 is 1.58 bits per heavy atom. The monoisotopic (exact) mass is 276 g/mol. The summed E-state index contributed by atoms with van der Waals surface area (Å²) in [6.45, 7) is 0.754. The topological polar surface area (TPSA) is 94.0 Å². The van der Waals surface area contributed by atoms with Gasteiger partial charge in [-0.2, -0.15) is 4.98 Å². The van der Waals surface area contributed by atoms with Crippen LogP contribution in [0.5, 0.6) is 0 Å². The number of hydrogen-bond acceptors (Lipinski definition) is 6. The zero-order chi connectivity index (χ0) is 13.5. The zero-order valence-electron chi connectivity index (χ0n) is 10.0. The minimum absolute atomic E-state index is 0.142. The predicted molar refractivity (Wildman–Crippen MR) is 70.6 cm³/mol. The highest BCUT2D eigenvalue weighted by atomic mass is 32.1. The molecule has 0 aliphatic carbocycles. The first-order valence-electron chi connectivity index (χ1n) is 5.61. The van der Waals surface area contributed by atoms with Gasteiger partial charge in [0.1, 0.15) is 0 Å². The van der Waals surface area contributed by atoms with E-state index in [0.717, 1.165) is 4.88 Å². The first kappa shape index (κ1) is 13.3. The predicted octanol–water partition coefficient (Wildman–Crippen LogP) is 0.414. The number of nitrogens with one attached hydrogen (secondary N) is 1. The summed E-state index contributed by atoms with van der Waals surface area (Å²) in [5.41, 5.74) is 5.88. The van der Waals surface area contributed by atoms with Crippen LogP contribution in [0.3, 0.4) is 0 Å². The molecule has 1 amide bonds. The minimum Gasteiger partial charge on any atom is -0.351 e. The molecule has 0 unspecified atom stereocenters. The first-order chi connectivity index (χ1) is 9.29. The van der Waals surface area contributed by atoms with Crippen molar-refractivity contribution in [2.45, 2.75) is 6.42 Å². The zero-order valence-corrected chi connectivity index (χ0v) is 10.9. The maximum atomic E-state index is 11.8. The summed E-state index contributed by atoms with van der Waals surface area (Å²) in [7, 11) is 0. The highest BCUT2D eigenvalue weighted by molar-refractivity contribution is 7.10. The average Bonchev–Trinajstić information content (AvgIpc) is 3.07. The quantitative estimate of drug-likeness (QED) is 0.789. The third kappa shape index (κ3) is 3.91. The van der Waals surface area contributed by atoms with Crippen LogP contribution in [0.2, 0.25) is 0 Å². The molecule has 98 valence electrons. The molecule has 2 aromatic rings. The Bertz CT molecular complexity index is 595. The van der Waals surface area contributed by atoms with E-state index in [1.807, 2.05) is 0 Å². The lowest BCUT2D eigenvalue weighted by Crippen LogP contribution is -2.25. The van der Waals surface area contributed by atoms with Gasteiger partial charge in [0.15, 0.2) is 6.33 Å². The van der Waals surface area contributed by atoms with Crippen LogP contribution in [-0.4, -0.2) is 29.1 Å². The van der Waals surface area contributed by atoms with E-state index in [1.165, 1.54) is 17.7 Å². The highest BCUT2D eigenvalue weighted by Crippen LogP contribution is 2.13. The van der Waals surface area contributed by atoms with Crippen molar-refractivity contribution in [1.82, 2.24) is 15.5 Å². The fourth-order valence-electron chi connectivity index (χ4n) is 1.35. The number of carbonyl (C=O) groups is 1. The maximum absolute atomic E-state index is 11.8. The number of rotatable bonds is 4. The number of nitrogens with two attached hydrogens (primary N) is 1. The second-order valence-electron chi connectivity index (χ2n) is 3.55. The molecule has 0 saturated carbocycles. The van der Waals surface area contributed by atoms with Crippen LogP contribution < -0.4 is 11.1 Å². The summed E-state index contributed by atoms with van der Waals surface area (Å²) >= 11 is 1.42. The standard InChI is InChI=1S/C12H12N4O2S/c13-4-1-2-10-6-9(7-19-10)12(17)14-5-3-11-15-8-16-18-11/h6-8H,3-5,13H2,(H,14,17). The molecule has 0 saturated heterocycles. The van der Waals surface area contributed by atoms with Gasteiger partial charge in [-0.1, -0.05) is 17.0 Å². The first-order valence-corrected chi connectivity index (χ1v) is 6.49. The summed E-state index contributed by atoms with van der Waals surface area (Å²) in [6.07, 6.45) is 1.84. The lowest BCUT2D eigenvalue weighted by molar-refractivity contribution is 0.0954. The molecule has 2 rings (SSSR count). The summed E-state index contributed by atoms with van der Waals surface area (Å²) in [6, 6.07) is 1.75. The molecule has 0 bridgehead atoms. The van der Waals surface area contributed by atoms with E-state index in [1.54, 1.807) is 11.4 Å². The van der Waals surface area contributed by atoms with Crippen LogP contribution in [0.4, 0.5) is 0 Å². The van der Waals surface area contributed by atoms with Crippen LogP contribution in [0, 0.1) is 11.8 Å². The van der Waals surface area contributed by atoms with E-state index in [2.05, 4.69) is 27.3 Å². The van der Waals surface area contributed by atoms with Crippen molar-refractivity contribution >= 4 is 17.2 Å². The third-order valence-electron chi connectivity index (χ3n) is 2.21. The Labute approximate surface area is 114 Å². The van der Waals surface area contributed by atoms with Gasteiger partial charge in [0.25, 0.3) is 5.91 Å². The second kappa shape index (κ2) is 6.68. The average molecular weight is 276 g/mol. The Morgan fingerprint density at radius 3 is 3.21 bits per heavy atom. The molecule has 0 atom stereocenters. The normalized spacial score (nSPS) is 9.74. The molecule has 0 aliphatic heterocycles. The van der Waals surface area contributed by atoms with E-state index in [4.69, 9.17) is 10.3 Å². The van der Waals surface area contributed by atoms with Gasteiger partial charge in [-0.25, -0.2) is 0 Å². The Morgan fingerprint density at radius 2 is 2.47 bits per heavy atom. The minimum atomic E-state index is -0.142. The molecule has 0 aromatic carbocycles. The molecular weight excluding hydrogens is 264 g/mol. The summed E-state index contributed by atoms with van der Waals surface area (Å²) in [5.74, 6) is 5.99. The molecule has 2 aromatic heterocycles. The van der Waals surface area contributed by atoms with E-state index in [-0.39, 0.29) is 5.91 Å². The van der Waals surface area contributed by atoms with Crippen LogP contribution in [0.1, 0.15) is 21.1 Å². The van der Waals surface area contributed by atoms with Crippen LogP contribution in [0.25, 0.3) is 0 Å². The fourth-order valence-corrected chi connectivity index (χ4v) is 2.11. The molecule has 6 nitrogen and oxygen atoms in total. The smallest absolute Gasteiger partial charge is 0.252 e. The van der Waals surface area contributed by atoms with E-state index in [0.29, 0.717) is 31.0 Å². The Hall–Kier alpha value is -2.17. The largest absolute Gasteiger partial charge is 0.351 e. The van der Waals surface area contributed by atoms with Gasteiger partial charge in [0, 0.05) is 18.3 Å². The van der Waals surface area contributed by atoms with Gasteiger partial charge in [0.2, 0.25) is 5.89 Å². The molecule has 3 N–H and O–H groups in total. The Kier molecular flexibility index (Phi) is 4.66. The van der Waals surface area contributed by atoms with Gasteiger partial charge in [-0.05, 0) is 6.07 Å². The number of nitrogens with zero attached hydrogens (tertiary/aromatic N) is 2. The second-order valence-corrected chi connectivity index (χ2v) is 4.46. The van der Waals surface area contributed by atoms with Gasteiger partial charge >= 0.3 is 0 Å². The van der Waals surface area contributed by atoms with Crippen molar-refractivity contribution in [3.05, 3.63) is 34.1 Å². The molecule has 7 heteroatoms. The van der Waals surface area contributed by atoms with Crippen LogP contribution >= 0.6 is 11.3 Å². The number of carbonyl (C=O) groups excluding carboxylic acids is 1. The van der Waals surface area contributed by atoms with Crippen molar-refractivity contribution in [3.8, 4) is 11.8 Å². The van der Waals surface area contributed by atoms with Crippen molar-refractivity contribution < 1.29 is 9.32 Å². The molecular formula is C12H12N4O2S. The van der Waals surface area contributed by atoms with E-state index < -0.39 is 0 Å². The van der Waals surface area contributed by atoms with Crippen LogP contribution in [0.15, 0.2) is 22.3 Å². The number of amides is 1. The molecule has 0 spiro atoms. The highest BCUT2D eigenvalue weighted by Gasteiger charge is 2.08. The maximum Gasteiger partial charge on any atom is 0.252 e. The molecule has 19 heavy (non-hydrogen) atoms. The molecule has 0 aliphatic rings. The van der Waals surface area contributed by atoms with Crippen molar-refractivity contribution in [3.63, 3.8) is 0 Å². The molecule has 2 heterocycles. The van der Waals surface area contributed by atoms with Crippen LogP contribution in [-0.2, 0) is 6.42 Å².